The number of nitrogens with zero attached hydrogens (tertiary/aromatic N) is 2. The average molecular weight is 339 g/mol. The summed E-state index contributed by atoms with van der Waals surface area (Å²) in [6.07, 6.45) is 2.63. The van der Waals surface area contributed by atoms with Crippen molar-refractivity contribution in [1.82, 2.24) is 0 Å². The summed E-state index contributed by atoms with van der Waals surface area (Å²) in [4.78, 5) is 52.4. The Morgan fingerprint density at radius 2 is 0.952 bits per heavy atom. The quantitative estimate of drug-likeness (QED) is 0.268. The molecule has 0 aliphatic heterocycles. The SMILES string of the molecule is CC(=O)C(C=NCCN=CC(C(C)=O)C(C)=O)C(C)=O.[Ni]. The monoisotopic (exact) mass is 338 g/mol. The van der Waals surface area contributed by atoms with E-state index < -0.39 is 11.8 Å². The van der Waals surface area contributed by atoms with E-state index in [4.69, 9.17) is 0 Å². The van der Waals surface area contributed by atoms with Crippen LogP contribution < -0.4 is 0 Å². The van der Waals surface area contributed by atoms with Crippen molar-refractivity contribution < 1.29 is 35.7 Å². The summed E-state index contributed by atoms with van der Waals surface area (Å²) in [5, 5.41) is 0. The van der Waals surface area contributed by atoms with E-state index >= 15 is 0 Å². The zero-order valence-electron chi connectivity index (χ0n) is 12.6. The molecule has 0 aromatic heterocycles. The molecule has 0 aliphatic rings. The van der Waals surface area contributed by atoms with Crippen LogP contribution in [0.5, 0.6) is 0 Å². The second-order valence-corrected chi connectivity index (χ2v) is 4.51. The fraction of sp³-hybridized carbons (Fsp3) is 0.571. The van der Waals surface area contributed by atoms with Crippen molar-refractivity contribution in [1.29, 1.82) is 0 Å². The van der Waals surface area contributed by atoms with E-state index in [0.29, 0.717) is 0 Å². The molecule has 6 nitrogen and oxygen atoms in total. The van der Waals surface area contributed by atoms with Gasteiger partial charge in [-0.15, -0.1) is 0 Å². The third-order valence-electron chi connectivity index (χ3n) is 2.62. The number of Topliss-reactive ketones (excluding diaryl/α,β-unsaturated/α-hetero) is 4. The molecular weight excluding hydrogens is 319 g/mol. The minimum atomic E-state index is -0.804. The Hall–Kier alpha value is -1.49. The Morgan fingerprint density at radius 1 is 0.714 bits per heavy atom. The normalized spacial score (nSPS) is 11.1. The molecule has 0 saturated carbocycles. The van der Waals surface area contributed by atoms with Crippen LogP contribution in [0.4, 0.5) is 0 Å². The van der Waals surface area contributed by atoms with Crippen LogP contribution >= 0.6 is 0 Å². The van der Waals surface area contributed by atoms with Gasteiger partial charge < -0.3 is 0 Å². The maximum Gasteiger partial charge on any atom is 0.145 e. The molecule has 0 saturated heterocycles. The fourth-order valence-electron chi connectivity index (χ4n) is 1.47. The molecule has 0 atom stereocenters. The smallest absolute Gasteiger partial charge is 0.145 e. The van der Waals surface area contributed by atoms with Crippen LogP contribution in [0.1, 0.15) is 27.7 Å². The Kier molecular flexibility index (Phi) is 11.6. The van der Waals surface area contributed by atoms with E-state index in [-0.39, 0.29) is 52.7 Å². The number of hydrogen-bond donors (Lipinski definition) is 0. The van der Waals surface area contributed by atoms with E-state index in [9.17, 15) is 19.2 Å². The minimum Gasteiger partial charge on any atom is -0.299 e. The zero-order chi connectivity index (χ0) is 15.7. The van der Waals surface area contributed by atoms with E-state index in [1.54, 1.807) is 0 Å². The van der Waals surface area contributed by atoms with Crippen LogP contribution in [0.2, 0.25) is 0 Å². The fourth-order valence-corrected chi connectivity index (χ4v) is 1.47. The molecule has 7 heteroatoms. The van der Waals surface area contributed by atoms with E-state index in [0.717, 1.165) is 0 Å². The van der Waals surface area contributed by atoms with Gasteiger partial charge >= 0.3 is 0 Å². The Bertz CT molecular complexity index is 388. The topological polar surface area (TPSA) is 93.0 Å². The van der Waals surface area contributed by atoms with Crippen LogP contribution in [0.3, 0.4) is 0 Å². The van der Waals surface area contributed by atoms with Crippen molar-refractivity contribution in [2.24, 2.45) is 21.8 Å². The molecule has 0 bridgehead atoms. The van der Waals surface area contributed by atoms with Crippen LogP contribution in [-0.4, -0.2) is 48.7 Å². The van der Waals surface area contributed by atoms with Gasteiger partial charge in [-0.3, -0.25) is 29.2 Å². The Labute approximate surface area is 134 Å². The molecule has 0 aromatic carbocycles. The Balaban J connectivity index is 0. The molecule has 0 spiro atoms. The molecule has 0 rings (SSSR count). The van der Waals surface area contributed by atoms with Gasteiger partial charge in [-0.05, 0) is 27.7 Å². The minimum absolute atomic E-state index is 0. The molecule has 0 fully saturated rings. The van der Waals surface area contributed by atoms with Crippen LogP contribution in [-0.2, 0) is 35.7 Å². The first-order valence-corrected chi connectivity index (χ1v) is 6.29. The first kappa shape index (κ1) is 21.8. The average Bonchev–Trinajstić information content (AvgIpc) is 2.30. The van der Waals surface area contributed by atoms with Crippen molar-refractivity contribution in [2.75, 3.05) is 13.1 Å². The molecular formula is C14H20N2NiO4. The molecule has 0 amide bonds. The molecule has 0 radical (unpaired) electrons. The second-order valence-electron chi connectivity index (χ2n) is 4.51. The number of rotatable bonds is 9. The molecule has 0 unspecified atom stereocenters. The number of aliphatic imine (C=N–C) groups is 2. The predicted molar refractivity (Wildman–Crippen MR) is 76.4 cm³/mol. The predicted octanol–water partition coefficient (Wildman–Crippen LogP) is 0.714. The van der Waals surface area contributed by atoms with Crippen molar-refractivity contribution in [3.8, 4) is 0 Å². The zero-order valence-corrected chi connectivity index (χ0v) is 13.6. The van der Waals surface area contributed by atoms with Gasteiger partial charge in [-0.2, -0.15) is 0 Å². The molecule has 0 aliphatic carbocycles. The largest absolute Gasteiger partial charge is 0.299 e. The van der Waals surface area contributed by atoms with Crippen LogP contribution in [0.25, 0.3) is 0 Å². The van der Waals surface area contributed by atoms with Crippen molar-refractivity contribution in [2.45, 2.75) is 27.7 Å². The summed E-state index contributed by atoms with van der Waals surface area (Å²) < 4.78 is 0. The van der Waals surface area contributed by atoms with Crippen LogP contribution in [0, 0.1) is 11.8 Å². The second kappa shape index (κ2) is 11.2. The van der Waals surface area contributed by atoms with Gasteiger partial charge in [-0.25, -0.2) is 0 Å². The molecule has 21 heavy (non-hydrogen) atoms. The summed E-state index contributed by atoms with van der Waals surface area (Å²) in [5.41, 5.74) is 0. The maximum atomic E-state index is 11.1. The molecule has 120 valence electrons. The standard InChI is InChI=1S/C14H20N2O4.Ni/c1-9(17)13(10(2)18)7-15-5-6-16-8-14(11(3)19)12(4)20;/h7-8,13-14H,5-6H2,1-4H3;. The molecule has 0 heterocycles. The van der Waals surface area contributed by atoms with E-state index in [2.05, 4.69) is 9.98 Å². The summed E-state index contributed by atoms with van der Waals surface area (Å²) in [5.74, 6) is -2.62. The molecule has 0 aromatic rings. The van der Waals surface area contributed by atoms with Gasteiger partial charge in [0.05, 0.1) is 13.1 Å². The number of carbonyl (C=O) groups excluding carboxylic acids is 4. The van der Waals surface area contributed by atoms with Gasteiger partial charge in [-0.1, -0.05) is 0 Å². The third-order valence-corrected chi connectivity index (χ3v) is 2.62. The van der Waals surface area contributed by atoms with Gasteiger partial charge in [0.15, 0.2) is 0 Å². The summed E-state index contributed by atoms with van der Waals surface area (Å²) in [6, 6.07) is 0. The Morgan fingerprint density at radius 3 is 1.14 bits per heavy atom. The van der Waals surface area contributed by atoms with Gasteiger partial charge in [0.2, 0.25) is 0 Å². The number of hydrogen-bond acceptors (Lipinski definition) is 6. The van der Waals surface area contributed by atoms with Gasteiger partial charge in [0.25, 0.3) is 0 Å². The van der Waals surface area contributed by atoms with E-state index in [1.807, 2.05) is 0 Å². The maximum absolute atomic E-state index is 11.1. The van der Waals surface area contributed by atoms with Crippen molar-refractivity contribution in [3.63, 3.8) is 0 Å². The van der Waals surface area contributed by atoms with Crippen molar-refractivity contribution in [3.05, 3.63) is 0 Å². The number of ketones is 4. The first-order chi connectivity index (χ1) is 9.27. The summed E-state index contributed by atoms with van der Waals surface area (Å²) in [7, 11) is 0. The van der Waals surface area contributed by atoms with Crippen LogP contribution in [0.15, 0.2) is 9.98 Å². The molecule has 0 N–H and O–H groups in total. The van der Waals surface area contributed by atoms with Gasteiger partial charge in [0, 0.05) is 28.9 Å². The van der Waals surface area contributed by atoms with E-state index in [1.165, 1.54) is 40.1 Å². The summed E-state index contributed by atoms with van der Waals surface area (Å²) >= 11 is 0. The summed E-state index contributed by atoms with van der Waals surface area (Å²) in [6.45, 7) is 5.91. The third kappa shape index (κ3) is 9.13. The van der Waals surface area contributed by atoms with Crippen molar-refractivity contribution >= 4 is 35.6 Å². The van der Waals surface area contributed by atoms with Gasteiger partial charge in [0.1, 0.15) is 35.0 Å². The first-order valence-electron chi connectivity index (χ1n) is 6.29. The number of carbonyl (C=O) groups is 4.